The fraction of sp³-hybridized carbons (Fsp3) is 0.200. The molecule has 2 aromatic rings. The largest absolute Gasteiger partial charge is 0.482 e. The number of hydrogen-bond acceptors (Lipinski definition) is 4. The Morgan fingerprint density at radius 2 is 2.22 bits per heavy atom. The molecule has 0 fully saturated rings. The van der Waals surface area contributed by atoms with Gasteiger partial charge in [0.05, 0.1) is 11.2 Å². The number of rotatable bonds is 6. The molecule has 0 aliphatic carbocycles. The van der Waals surface area contributed by atoms with Crippen LogP contribution < -0.4 is 10.2 Å². The minimum atomic E-state index is -0.376. The first kappa shape index (κ1) is 18.3. The molecule has 2 rings (SSSR count). The number of halogens is 3. The number of nitrogens with zero attached hydrogens (tertiary/aromatic N) is 1. The molecule has 4 nitrogen and oxygen atoms in total. The first-order chi connectivity index (χ1) is 11.0. The van der Waals surface area contributed by atoms with E-state index < -0.39 is 0 Å². The van der Waals surface area contributed by atoms with Crippen molar-refractivity contribution < 1.29 is 9.53 Å². The second kappa shape index (κ2) is 8.68. The Bertz CT molecular complexity index is 734. The van der Waals surface area contributed by atoms with Crippen LogP contribution in [-0.4, -0.2) is 18.7 Å². The van der Waals surface area contributed by atoms with Crippen LogP contribution in [0.25, 0.3) is 0 Å². The van der Waals surface area contributed by atoms with Gasteiger partial charge >= 0.3 is 0 Å². The van der Waals surface area contributed by atoms with Gasteiger partial charge in [-0.05, 0) is 46.6 Å². The van der Waals surface area contributed by atoms with E-state index in [1.807, 2.05) is 6.07 Å². The number of hydrogen-bond donors (Lipinski definition) is 1. The van der Waals surface area contributed by atoms with Crippen molar-refractivity contribution in [2.24, 2.45) is 5.10 Å². The Balaban J connectivity index is 1.83. The molecule has 23 heavy (non-hydrogen) atoms. The molecule has 0 aliphatic heterocycles. The summed E-state index contributed by atoms with van der Waals surface area (Å²) >= 11 is 16.8. The van der Waals surface area contributed by atoms with E-state index in [-0.39, 0.29) is 12.5 Å². The quantitative estimate of drug-likeness (QED) is 0.517. The summed E-state index contributed by atoms with van der Waals surface area (Å²) in [5, 5.41) is 4.77. The zero-order valence-corrected chi connectivity index (χ0v) is 16.0. The van der Waals surface area contributed by atoms with Crippen LogP contribution in [0.1, 0.15) is 16.7 Å². The highest BCUT2D eigenvalue weighted by Crippen LogP contribution is 2.27. The summed E-state index contributed by atoms with van der Waals surface area (Å²) < 4.78 is 6.37. The van der Waals surface area contributed by atoms with Gasteiger partial charge in [-0.1, -0.05) is 30.1 Å². The molecule has 0 aliphatic rings. The van der Waals surface area contributed by atoms with Gasteiger partial charge in [-0.3, -0.25) is 4.79 Å². The van der Waals surface area contributed by atoms with Crippen LogP contribution in [0.3, 0.4) is 0 Å². The number of thiophene rings is 1. The van der Waals surface area contributed by atoms with Crippen molar-refractivity contribution in [3.8, 4) is 5.75 Å². The molecule has 0 radical (unpaired) electrons. The van der Waals surface area contributed by atoms with Gasteiger partial charge in [0, 0.05) is 19.2 Å². The number of carbonyl (C=O) groups excluding carboxylic acids is 1. The van der Waals surface area contributed by atoms with Crippen molar-refractivity contribution in [1.29, 1.82) is 0 Å². The Hall–Kier alpha value is -1.08. The first-order valence-corrected chi connectivity index (χ1v) is 9.04. The van der Waals surface area contributed by atoms with Gasteiger partial charge in [0.1, 0.15) is 5.75 Å². The van der Waals surface area contributed by atoms with E-state index in [1.54, 1.807) is 35.8 Å². The highest BCUT2D eigenvalue weighted by molar-refractivity contribution is 9.10. The number of benzene rings is 1. The average molecular weight is 436 g/mol. The maximum Gasteiger partial charge on any atom is 0.277 e. The maximum atomic E-state index is 11.7. The molecule has 1 amide bonds. The van der Waals surface area contributed by atoms with Crippen molar-refractivity contribution in [1.82, 2.24) is 5.43 Å². The van der Waals surface area contributed by atoms with Crippen molar-refractivity contribution >= 4 is 62.6 Å². The lowest BCUT2D eigenvalue weighted by Gasteiger charge is -2.06. The lowest BCUT2D eigenvalue weighted by atomic mass is 10.3. The van der Waals surface area contributed by atoms with Crippen LogP contribution in [0.2, 0.25) is 10.0 Å². The number of aryl methyl sites for hydroxylation is 1. The molecule has 1 N–H and O–H groups in total. The lowest BCUT2D eigenvalue weighted by molar-refractivity contribution is -0.123. The topological polar surface area (TPSA) is 50.7 Å². The molecule has 122 valence electrons. The van der Waals surface area contributed by atoms with Gasteiger partial charge in [-0.15, -0.1) is 11.3 Å². The monoisotopic (exact) mass is 434 g/mol. The molecule has 0 saturated heterocycles. The van der Waals surface area contributed by atoms with E-state index in [1.165, 1.54) is 4.88 Å². The number of amides is 1. The zero-order chi connectivity index (χ0) is 16.8. The fourth-order valence-corrected chi connectivity index (χ4v) is 3.92. The Kier molecular flexibility index (Phi) is 6.89. The molecule has 0 atom stereocenters. The lowest BCUT2D eigenvalue weighted by Crippen LogP contribution is -2.24. The molecule has 1 aromatic carbocycles. The molecule has 8 heteroatoms. The summed E-state index contributed by atoms with van der Waals surface area (Å²) in [5.74, 6) is 0.0172. The summed E-state index contributed by atoms with van der Waals surface area (Å²) in [6.45, 7) is 1.89. The van der Waals surface area contributed by atoms with Gasteiger partial charge in [0.25, 0.3) is 5.91 Å². The molecule has 0 unspecified atom stereocenters. The summed E-state index contributed by atoms with van der Waals surface area (Å²) in [6.07, 6.45) is 2.54. The van der Waals surface area contributed by atoms with Gasteiger partial charge in [0.15, 0.2) is 6.61 Å². The van der Waals surface area contributed by atoms with Crippen molar-refractivity contribution in [3.05, 3.63) is 48.5 Å². The van der Waals surface area contributed by atoms with Crippen LogP contribution in [0, 0.1) is 0 Å². The molecular formula is C15H13BrCl2N2O2S. The number of carbonyl (C=O) groups is 1. The third kappa shape index (κ3) is 5.49. The summed E-state index contributed by atoms with van der Waals surface area (Å²) in [4.78, 5) is 13.9. The van der Waals surface area contributed by atoms with Gasteiger partial charge in [-0.2, -0.15) is 5.10 Å². The number of hydrazone groups is 1. The Labute approximate surface area is 156 Å². The van der Waals surface area contributed by atoms with E-state index in [0.29, 0.717) is 15.8 Å². The fourth-order valence-electron chi connectivity index (χ4n) is 1.67. The minimum Gasteiger partial charge on any atom is -0.482 e. The third-order valence-corrected chi connectivity index (χ3v) is 5.45. The molecule has 1 heterocycles. The van der Waals surface area contributed by atoms with Gasteiger partial charge in [0.2, 0.25) is 0 Å². The van der Waals surface area contributed by atoms with E-state index in [9.17, 15) is 4.79 Å². The average Bonchev–Trinajstić information content (AvgIpc) is 2.86. The predicted octanol–water partition coefficient (Wildman–Crippen LogP) is 4.91. The molecule has 0 spiro atoms. The maximum absolute atomic E-state index is 11.7. The van der Waals surface area contributed by atoms with Crippen LogP contribution in [0.4, 0.5) is 0 Å². The van der Waals surface area contributed by atoms with Crippen molar-refractivity contribution in [3.63, 3.8) is 0 Å². The predicted molar refractivity (Wildman–Crippen MR) is 99.1 cm³/mol. The van der Waals surface area contributed by atoms with E-state index in [4.69, 9.17) is 27.9 Å². The van der Waals surface area contributed by atoms with E-state index in [0.717, 1.165) is 15.8 Å². The van der Waals surface area contributed by atoms with Crippen LogP contribution in [0.15, 0.2) is 33.8 Å². The zero-order valence-electron chi connectivity index (χ0n) is 12.1. The minimum absolute atomic E-state index is 0.187. The first-order valence-electron chi connectivity index (χ1n) is 6.67. The summed E-state index contributed by atoms with van der Waals surface area (Å²) in [6, 6.07) is 6.76. The number of nitrogens with one attached hydrogen (secondary N) is 1. The van der Waals surface area contributed by atoms with E-state index in [2.05, 4.69) is 33.4 Å². The standard InChI is InChI=1S/C15H13BrCl2N2O2S/c1-2-14-11(16)6-10(23-14)7-19-20-15(21)8-22-13-4-3-9(17)5-12(13)18/h3-7H,2,8H2,1H3,(H,20,21)/b19-7-. The Morgan fingerprint density at radius 3 is 2.87 bits per heavy atom. The van der Waals surface area contributed by atoms with E-state index >= 15 is 0 Å². The van der Waals surface area contributed by atoms with Crippen LogP contribution in [-0.2, 0) is 11.2 Å². The Morgan fingerprint density at radius 1 is 1.43 bits per heavy atom. The summed E-state index contributed by atoms with van der Waals surface area (Å²) in [7, 11) is 0. The molecule has 0 saturated carbocycles. The smallest absolute Gasteiger partial charge is 0.277 e. The summed E-state index contributed by atoms with van der Waals surface area (Å²) in [5.41, 5.74) is 2.41. The van der Waals surface area contributed by atoms with Crippen LogP contribution in [0.5, 0.6) is 5.75 Å². The molecular weight excluding hydrogens is 423 g/mol. The number of ether oxygens (including phenoxy) is 1. The SMILES string of the molecule is CCc1sc(/C=N\NC(=O)COc2ccc(Cl)cc2Cl)cc1Br. The third-order valence-electron chi connectivity index (χ3n) is 2.73. The van der Waals surface area contributed by atoms with Gasteiger partial charge < -0.3 is 4.74 Å². The highest BCUT2D eigenvalue weighted by atomic mass is 79.9. The van der Waals surface area contributed by atoms with Crippen molar-refractivity contribution in [2.75, 3.05) is 6.61 Å². The second-order valence-corrected chi connectivity index (χ2v) is 7.30. The normalized spacial score (nSPS) is 11.0. The second-order valence-electron chi connectivity index (χ2n) is 4.43. The molecule has 0 bridgehead atoms. The highest BCUT2D eigenvalue weighted by Gasteiger charge is 2.06. The van der Waals surface area contributed by atoms with Crippen LogP contribution >= 0.6 is 50.5 Å². The van der Waals surface area contributed by atoms with Crippen molar-refractivity contribution in [2.45, 2.75) is 13.3 Å². The van der Waals surface area contributed by atoms with Gasteiger partial charge in [-0.25, -0.2) is 5.43 Å². The molecule has 1 aromatic heterocycles.